The smallest absolute Gasteiger partial charge is 0.268 e. The van der Waals surface area contributed by atoms with Crippen molar-refractivity contribution >= 4 is 5.91 Å². The Kier molecular flexibility index (Phi) is 2.64. The van der Waals surface area contributed by atoms with Crippen molar-refractivity contribution in [3.05, 3.63) is 24.3 Å². The average molecular weight is 206 g/mol. The maximum atomic E-state index is 11.6. The van der Waals surface area contributed by atoms with Crippen LogP contribution in [0, 0.1) is 0 Å². The minimum Gasteiger partial charge on any atom is -0.287 e. The van der Waals surface area contributed by atoms with Gasteiger partial charge in [0.25, 0.3) is 5.91 Å². The van der Waals surface area contributed by atoms with Crippen LogP contribution in [0.4, 0.5) is 0 Å². The Morgan fingerprint density at radius 2 is 2.07 bits per heavy atom. The molecule has 1 aromatic rings. The van der Waals surface area contributed by atoms with Crippen LogP contribution in [-0.4, -0.2) is 21.4 Å². The van der Waals surface area contributed by atoms with Crippen LogP contribution in [0.25, 0.3) is 0 Å². The molecule has 0 unspecified atom stereocenters. The second-order valence-corrected chi connectivity index (χ2v) is 4.12. The molecule has 0 radical (unpaired) electrons. The first-order chi connectivity index (χ1) is 7.20. The Morgan fingerprint density at radius 3 is 2.60 bits per heavy atom. The van der Waals surface area contributed by atoms with Gasteiger partial charge in [-0.15, -0.1) is 0 Å². The van der Waals surface area contributed by atoms with Crippen LogP contribution < -0.4 is 10.9 Å². The molecule has 80 valence electrons. The summed E-state index contributed by atoms with van der Waals surface area (Å²) < 4.78 is 0. The molecule has 1 aromatic heterocycles. The lowest BCUT2D eigenvalue weighted by Gasteiger charge is -2.39. The summed E-state index contributed by atoms with van der Waals surface area (Å²) in [6.45, 7) is 2.10. The molecule has 5 nitrogen and oxygen atoms in total. The summed E-state index contributed by atoms with van der Waals surface area (Å²) in [5, 5.41) is 0. The van der Waals surface area contributed by atoms with E-state index in [0.717, 1.165) is 12.8 Å². The Hall–Kier alpha value is -1.49. The van der Waals surface area contributed by atoms with Crippen LogP contribution in [0.2, 0.25) is 0 Å². The summed E-state index contributed by atoms with van der Waals surface area (Å²) in [7, 11) is 0. The van der Waals surface area contributed by atoms with Crippen LogP contribution >= 0.6 is 0 Å². The first kappa shape index (κ1) is 10.0. The van der Waals surface area contributed by atoms with Gasteiger partial charge in [0, 0.05) is 17.9 Å². The van der Waals surface area contributed by atoms with E-state index in [1.54, 1.807) is 0 Å². The molecule has 1 fully saturated rings. The molecular formula is C10H14N4O. The first-order valence-electron chi connectivity index (χ1n) is 5.02. The molecule has 15 heavy (non-hydrogen) atoms. The minimum absolute atomic E-state index is 0.0608. The normalized spacial score (nSPS) is 17.9. The predicted octanol–water partition coefficient (Wildman–Crippen LogP) is 0.654. The highest BCUT2D eigenvalue weighted by atomic mass is 16.2. The number of carbonyl (C=O) groups is 1. The fourth-order valence-corrected chi connectivity index (χ4v) is 1.53. The number of carbonyl (C=O) groups excluding carboxylic acids is 1. The quantitative estimate of drug-likeness (QED) is 0.713. The zero-order chi connectivity index (χ0) is 10.7. The number of hydrazine groups is 1. The van der Waals surface area contributed by atoms with Crippen LogP contribution in [-0.2, 0) is 0 Å². The lowest BCUT2D eigenvalue weighted by Crippen LogP contribution is -2.56. The number of nitrogens with one attached hydrogen (secondary N) is 2. The zero-order valence-electron chi connectivity index (χ0n) is 8.66. The molecule has 2 rings (SSSR count). The average Bonchev–Trinajstić information content (AvgIpc) is 2.24. The SMILES string of the molecule is CC1(NNC(=O)c2cncnc2)CCC1. The van der Waals surface area contributed by atoms with Crippen LogP contribution in [0.1, 0.15) is 36.5 Å². The fraction of sp³-hybridized carbons (Fsp3) is 0.500. The summed E-state index contributed by atoms with van der Waals surface area (Å²) in [6, 6.07) is 0. The standard InChI is InChI=1S/C10H14N4O/c1-10(3-2-4-10)14-13-9(15)8-5-11-7-12-6-8/h5-7,14H,2-4H2,1H3,(H,13,15). The van der Waals surface area contributed by atoms with Gasteiger partial charge in [-0.25, -0.2) is 15.4 Å². The Labute approximate surface area is 88.3 Å². The summed E-state index contributed by atoms with van der Waals surface area (Å²) >= 11 is 0. The molecule has 0 saturated heterocycles. The molecule has 5 heteroatoms. The van der Waals surface area contributed by atoms with Gasteiger partial charge in [-0.1, -0.05) is 0 Å². The molecule has 2 N–H and O–H groups in total. The van der Waals surface area contributed by atoms with Gasteiger partial charge in [0.2, 0.25) is 0 Å². The van der Waals surface area contributed by atoms with Gasteiger partial charge in [0.1, 0.15) is 6.33 Å². The van der Waals surface area contributed by atoms with Gasteiger partial charge >= 0.3 is 0 Å². The lowest BCUT2D eigenvalue weighted by atomic mass is 9.79. The number of nitrogens with zero attached hydrogens (tertiary/aromatic N) is 2. The maximum Gasteiger partial charge on any atom is 0.268 e. The van der Waals surface area contributed by atoms with Crippen molar-refractivity contribution in [2.45, 2.75) is 31.7 Å². The molecular weight excluding hydrogens is 192 g/mol. The van der Waals surface area contributed by atoms with Crippen molar-refractivity contribution in [1.82, 2.24) is 20.8 Å². The third-order valence-electron chi connectivity index (χ3n) is 2.76. The molecule has 0 aromatic carbocycles. The number of hydrogen-bond donors (Lipinski definition) is 2. The molecule has 1 aliphatic rings. The molecule has 0 atom stereocenters. The fourth-order valence-electron chi connectivity index (χ4n) is 1.53. The van der Waals surface area contributed by atoms with Crippen LogP contribution in [0.3, 0.4) is 0 Å². The highest BCUT2D eigenvalue weighted by Crippen LogP contribution is 2.30. The van der Waals surface area contributed by atoms with Crippen molar-refractivity contribution < 1.29 is 4.79 Å². The third-order valence-corrected chi connectivity index (χ3v) is 2.76. The maximum absolute atomic E-state index is 11.6. The number of hydrogen-bond acceptors (Lipinski definition) is 4. The minimum atomic E-state index is -0.191. The molecule has 1 saturated carbocycles. The van der Waals surface area contributed by atoms with E-state index in [1.807, 2.05) is 0 Å². The van der Waals surface area contributed by atoms with E-state index in [2.05, 4.69) is 27.7 Å². The third kappa shape index (κ3) is 2.30. The van der Waals surface area contributed by atoms with Gasteiger partial charge in [0.15, 0.2) is 0 Å². The molecule has 0 aliphatic heterocycles. The molecule has 0 spiro atoms. The Bertz CT molecular complexity index is 348. The molecule has 0 bridgehead atoms. The summed E-state index contributed by atoms with van der Waals surface area (Å²) in [5.41, 5.74) is 6.24. The van der Waals surface area contributed by atoms with Crippen molar-refractivity contribution in [3.63, 3.8) is 0 Å². The van der Waals surface area contributed by atoms with E-state index in [9.17, 15) is 4.79 Å². The van der Waals surface area contributed by atoms with Gasteiger partial charge in [-0.05, 0) is 26.2 Å². The van der Waals surface area contributed by atoms with Crippen molar-refractivity contribution in [1.29, 1.82) is 0 Å². The van der Waals surface area contributed by atoms with E-state index in [-0.39, 0.29) is 11.4 Å². The van der Waals surface area contributed by atoms with Gasteiger partial charge in [-0.3, -0.25) is 10.2 Å². The van der Waals surface area contributed by atoms with Crippen molar-refractivity contribution in [2.24, 2.45) is 0 Å². The van der Waals surface area contributed by atoms with Gasteiger partial charge < -0.3 is 0 Å². The van der Waals surface area contributed by atoms with Crippen molar-refractivity contribution in [2.75, 3.05) is 0 Å². The van der Waals surface area contributed by atoms with Crippen molar-refractivity contribution in [3.8, 4) is 0 Å². The molecule has 1 amide bonds. The van der Waals surface area contributed by atoms with E-state index < -0.39 is 0 Å². The van der Waals surface area contributed by atoms with Gasteiger partial charge in [0.05, 0.1) is 5.56 Å². The Balaban J connectivity index is 1.88. The van der Waals surface area contributed by atoms with E-state index in [0.29, 0.717) is 5.56 Å². The Morgan fingerprint density at radius 1 is 1.40 bits per heavy atom. The second-order valence-electron chi connectivity index (χ2n) is 4.12. The highest BCUT2D eigenvalue weighted by Gasteiger charge is 2.31. The summed E-state index contributed by atoms with van der Waals surface area (Å²) in [6.07, 6.45) is 7.79. The van der Waals surface area contributed by atoms with E-state index >= 15 is 0 Å². The summed E-state index contributed by atoms with van der Waals surface area (Å²) in [4.78, 5) is 19.1. The summed E-state index contributed by atoms with van der Waals surface area (Å²) in [5.74, 6) is -0.191. The van der Waals surface area contributed by atoms with E-state index in [1.165, 1.54) is 25.1 Å². The largest absolute Gasteiger partial charge is 0.287 e. The number of aromatic nitrogens is 2. The topological polar surface area (TPSA) is 66.9 Å². The van der Waals surface area contributed by atoms with E-state index in [4.69, 9.17) is 0 Å². The molecule has 1 heterocycles. The van der Waals surface area contributed by atoms with Crippen LogP contribution in [0.5, 0.6) is 0 Å². The second kappa shape index (κ2) is 3.94. The first-order valence-corrected chi connectivity index (χ1v) is 5.02. The zero-order valence-corrected chi connectivity index (χ0v) is 8.66. The lowest BCUT2D eigenvalue weighted by molar-refractivity contribution is 0.0868. The molecule has 1 aliphatic carbocycles. The number of rotatable bonds is 3. The number of amides is 1. The van der Waals surface area contributed by atoms with Crippen LogP contribution in [0.15, 0.2) is 18.7 Å². The van der Waals surface area contributed by atoms with Gasteiger partial charge in [-0.2, -0.15) is 0 Å². The monoisotopic (exact) mass is 206 g/mol. The highest BCUT2D eigenvalue weighted by molar-refractivity contribution is 5.93. The predicted molar refractivity (Wildman–Crippen MR) is 54.9 cm³/mol.